The van der Waals surface area contributed by atoms with Crippen LogP contribution < -0.4 is 4.74 Å². The molecule has 0 aliphatic carbocycles. The standard InChI is InChI=1S/C22H30N2O3/c1-3-5-6-7-16-24-21(25)19(17-10-12-18(13-11-17)27-4-2)20(22(24)26)23-14-8-9-15-23/h10-13H,3-9,14-16H2,1-2H3. The lowest BCUT2D eigenvalue weighted by Gasteiger charge is -2.20. The van der Waals surface area contributed by atoms with E-state index in [-0.39, 0.29) is 11.8 Å². The summed E-state index contributed by atoms with van der Waals surface area (Å²) in [6.45, 7) is 6.90. The molecule has 2 amide bonds. The molecule has 0 unspecified atom stereocenters. The number of imide groups is 1. The third-order valence-corrected chi connectivity index (χ3v) is 5.26. The number of ether oxygens (including phenoxy) is 1. The van der Waals surface area contributed by atoms with Crippen LogP contribution in [-0.2, 0) is 9.59 Å². The number of likely N-dealkylation sites (tertiary alicyclic amines) is 1. The molecule has 5 nitrogen and oxygen atoms in total. The van der Waals surface area contributed by atoms with Gasteiger partial charge in [-0.05, 0) is 43.9 Å². The molecule has 0 saturated carbocycles. The maximum absolute atomic E-state index is 13.1. The Kier molecular flexibility index (Phi) is 6.54. The molecule has 27 heavy (non-hydrogen) atoms. The molecule has 5 heteroatoms. The number of hydrogen-bond acceptors (Lipinski definition) is 4. The predicted octanol–water partition coefficient (Wildman–Crippen LogP) is 3.84. The van der Waals surface area contributed by atoms with Gasteiger partial charge in [0.2, 0.25) is 0 Å². The van der Waals surface area contributed by atoms with Crippen molar-refractivity contribution in [1.82, 2.24) is 9.80 Å². The number of nitrogens with zero attached hydrogens (tertiary/aromatic N) is 2. The molecule has 0 atom stereocenters. The highest BCUT2D eigenvalue weighted by Gasteiger charge is 2.41. The Balaban J connectivity index is 1.87. The quantitative estimate of drug-likeness (QED) is 0.489. The van der Waals surface area contributed by atoms with Crippen molar-refractivity contribution >= 4 is 17.4 Å². The number of carbonyl (C=O) groups is 2. The molecule has 3 rings (SSSR count). The summed E-state index contributed by atoms with van der Waals surface area (Å²) in [5.41, 5.74) is 1.95. The average Bonchev–Trinajstić information content (AvgIpc) is 3.27. The van der Waals surface area contributed by atoms with Gasteiger partial charge in [0, 0.05) is 19.6 Å². The van der Waals surface area contributed by atoms with E-state index < -0.39 is 0 Å². The predicted molar refractivity (Wildman–Crippen MR) is 106 cm³/mol. The van der Waals surface area contributed by atoms with E-state index in [2.05, 4.69) is 11.8 Å². The highest BCUT2D eigenvalue weighted by Crippen LogP contribution is 2.34. The molecule has 146 valence electrons. The molecule has 0 bridgehead atoms. The summed E-state index contributed by atoms with van der Waals surface area (Å²) in [4.78, 5) is 29.8. The second-order valence-electron chi connectivity index (χ2n) is 7.20. The van der Waals surface area contributed by atoms with Gasteiger partial charge >= 0.3 is 0 Å². The highest BCUT2D eigenvalue weighted by molar-refractivity contribution is 6.35. The van der Waals surface area contributed by atoms with Crippen molar-refractivity contribution in [2.75, 3.05) is 26.2 Å². The first-order valence-corrected chi connectivity index (χ1v) is 10.3. The summed E-state index contributed by atoms with van der Waals surface area (Å²) in [7, 11) is 0. The van der Waals surface area contributed by atoms with Gasteiger partial charge in [0.25, 0.3) is 11.8 Å². The normalized spacial score (nSPS) is 17.4. The second-order valence-corrected chi connectivity index (χ2v) is 7.20. The van der Waals surface area contributed by atoms with E-state index in [0.717, 1.165) is 62.9 Å². The Labute approximate surface area is 162 Å². The average molecular weight is 370 g/mol. The molecule has 2 aliphatic heterocycles. The first-order valence-electron chi connectivity index (χ1n) is 10.3. The molecule has 0 spiro atoms. The van der Waals surface area contributed by atoms with Gasteiger partial charge in [0.15, 0.2) is 0 Å². The summed E-state index contributed by atoms with van der Waals surface area (Å²) >= 11 is 0. The van der Waals surface area contributed by atoms with Crippen molar-refractivity contribution < 1.29 is 14.3 Å². The lowest BCUT2D eigenvalue weighted by Crippen LogP contribution is -2.35. The van der Waals surface area contributed by atoms with Crippen LogP contribution in [0.25, 0.3) is 5.57 Å². The van der Waals surface area contributed by atoms with Crippen molar-refractivity contribution in [3.05, 3.63) is 35.5 Å². The molecule has 2 heterocycles. The summed E-state index contributed by atoms with van der Waals surface area (Å²) in [5.74, 6) is 0.502. The molecule has 1 fully saturated rings. The van der Waals surface area contributed by atoms with Gasteiger partial charge in [-0.1, -0.05) is 38.3 Å². The minimum atomic E-state index is -0.150. The number of benzene rings is 1. The Bertz CT molecular complexity index is 703. The zero-order valence-electron chi connectivity index (χ0n) is 16.5. The molecular weight excluding hydrogens is 340 g/mol. The zero-order valence-corrected chi connectivity index (χ0v) is 16.5. The van der Waals surface area contributed by atoms with Crippen LogP contribution in [0.4, 0.5) is 0 Å². The van der Waals surface area contributed by atoms with Crippen molar-refractivity contribution in [1.29, 1.82) is 0 Å². The molecule has 1 saturated heterocycles. The van der Waals surface area contributed by atoms with Gasteiger partial charge in [-0.3, -0.25) is 14.5 Å². The smallest absolute Gasteiger partial charge is 0.277 e. The monoisotopic (exact) mass is 370 g/mol. The van der Waals surface area contributed by atoms with Gasteiger partial charge < -0.3 is 9.64 Å². The van der Waals surface area contributed by atoms with E-state index >= 15 is 0 Å². The van der Waals surface area contributed by atoms with Gasteiger partial charge in [-0.2, -0.15) is 0 Å². The number of unbranched alkanes of at least 4 members (excludes halogenated alkanes) is 3. The molecule has 0 N–H and O–H groups in total. The van der Waals surface area contributed by atoms with Crippen LogP contribution in [0, 0.1) is 0 Å². The van der Waals surface area contributed by atoms with E-state index in [0.29, 0.717) is 24.4 Å². The minimum Gasteiger partial charge on any atom is -0.494 e. The third kappa shape index (κ3) is 4.18. The number of rotatable bonds is 9. The van der Waals surface area contributed by atoms with Crippen LogP contribution in [0.2, 0.25) is 0 Å². The van der Waals surface area contributed by atoms with Crippen LogP contribution in [0.5, 0.6) is 5.75 Å². The van der Waals surface area contributed by atoms with Crippen LogP contribution in [0.15, 0.2) is 30.0 Å². The van der Waals surface area contributed by atoms with Crippen LogP contribution in [0.3, 0.4) is 0 Å². The second kappa shape index (κ2) is 9.07. The maximum Gasteiger partial charge on any atom is 0.277 e. The number of hydrogen-bond donors (Lipinski definition) is 0. The largest absolute Gasteiger partial charge is 0.494 e. The Morgan fingerprint density at radius 3 is 2.26 bits per heavy atom. The Hall–Kier alpha value is -2.30. The van der Waals surface area contributed by atoms with Crippen molar-refractivity contribution in [2.24, 2.45) is 0 Å². The van der Waals surface area contributed by atoms with Crippen LogP contribution in [-0.4, -0.2) is 47.9 Å². The fourth-order valence-corrected chi connectivity index (χ4v) is 3.84. The number of carbonyl (C=O) groups excluding carboxylic acids is 2. The minimum absolute atomic E-state index is 0.123. The van der Waals surface area contributed by atoms with E-state index in [1.54, 1.807) is 0 Å². The molecule has 2 aliphatic rings. The van der Waals surface area contributed by atoms with Crippen molar-refractivity contribution in [3.8, 4) is 5.75 Å². The van der Waals surface area contributed by atoms with Gasteiger partial charge in [-0.25, -0.2) is 0 Å². The van der Waals surface area contributed by atoms with E-state index in [4.69, 9.17) is 4.74 Å². The van der Waals surface area contributed by atoms with E-state index in [1.165, 1.54) is 4.90 Å². The Morgan fingerprint density at radius 1 is 0.926 bits per heavy atom. The van der Waals surface area contributed by atoms with Crippen LogP contribution >= 0.6 is 0 Å². The van der Waals surface area contributed by atoms with E-state index in [9.17, 15) is 9.59 Å². The van der Waals surface area contributed by atoms with Gasteiger partial charge in [0.05, 0.1) is 12.2 Å². The summed E-state index contributed by atoms with van der Waals surface area (Å²) in [6, 6.07) is 7.52. The molecular formula is C22H30N2O3. The third-order valence-electron chi connectivity index (χ3n) is 5.26. The molecule has 0 aromatic heterocycles. The zero-order chi connectivity index (χ0) is 19.2. The van der Waals surface area contributed by atoms with Crippen molar-refractivity contribution in [3.63, 3.8) is 0 Å². The molecule has 1 aromatic carbocycles. The van der Waals surface area contributed by atoms with Crippen LogP contribution in [0.1, 0.15) is 57.9 Å². The molecule has 0 radical (unpaired) electrons. The van der Waals surface area contributed by atoms with Crippen molar-refractivity contribution in [2.45, 2.75) is 52.4 Å². The maximum atomic E-state index is 13.1. The molecule has 1 aromatic rings. The first-order chi connectivity index (χ1) is 13.2. The van der Waals surface area contributed by atoms with E-state index in [1.807, 2.05) is 31.2 Å². The lowest BCUT2D eigenvalue weighted by molar-refractivity contribution is -0.137. The fraction of sp³-hybridized carbons (Fsp3) is 0.545. The fourth-order valence-electron chi connectivity index (χ4n) is 3.84. The lowest BCUT2D eigenvalue weighted by atomic mass is 10.0. The number of amides is 2. The first kappa shape index (κ1) is 19.5. The Morgan fingerprint density at radius 2 is 1.63 bits per heavy atom. The topological polar surface area (TPSA) is 49.9 Å². The highest BCUT2D eigenvalue weighted by atomic mass is 16.5. The van der Waals surface area contributed by atoms with Gasteiger partial charge in [0.1, 0.15) is 11.4 Å². The van der Waals surface area contributed by atoms with Gasteiger partial charge in [-0.15, -0.1) is 0 Å². The summed E-state index contributed by atoms with van der Waals surface area (Å²) in [5, 5.41) is 0. The summed E-state index contributed by atoms with van der Waals surface area (Å²) in [6.07, 6.45) is 6.32. The summed E-state index contributed by atoms with van der Waals surface area (Å²) < 4.78 is 5.51. The SMILES string of the molecule is CCCCCCN1C(=O)C(c2ccc(OCC)cc2)=C(N2CCCC2)C1=O.